The van der Waals surface area contributed by atoms with Crippen molar-refractivity contribution in [3.05, 3.63) is 29.8 Å². The van der Waals surface area contributed by atoms with Gasteiger partial charge in [-0.15, -0.1) is 0 Å². The zero-order chi connectivity index (χ0) is 12.1. The second-order valence-electron chi connectivity index (χ2n) is 4.07. The first kappa shape index (κ1) is 12.5. The summed E-state index contributed by atoms with van der Waals surface area (Å²) >= 11 is 0. The maximum atomic E-state index is 11.7. The summed E-state index contributed by atoms with van der Waals surface area (Å²) in [5.41, 5.74) is 0.478. The van der Waals surface area contributed by atoms with E-state index < -0.39 is 0 Å². The van der Waals surface area contributed by atoms with Crippen LogP contribution in [0.1, 0.15) is 17.3 Å². The van der Waals surface area contributed by atoms with E-state index in [4.69, 9.17) is 0 Å². The van der Waals surface area contributed by atoms with E-state index >= 15 is 0 Å². The van der Waals surface area contributed by atoms with E-state index in [1.54, 1.807) is 18.2 Å². The molecule has 0 radical (unpaired) electrons. The third-order valence-corrected chi connectivity index (χ3v) is 2.55. The predicted octanol–water partition coefficient (Wildman–Crippen LogP) is 1.07. The summed E-state index contributed by atoms with van der Waals surface area (Å²) in [6.45, 7) is 2.62. The van der Waals surface area contributed by atoms with Crippen LogP contribution in [0.25, 0.3) is 0 Å². The zero-order valence-corrected chi connectivity index (χ0v) is 9.90. The summed E-state index contributed by atoms with van der Waals surface area (Å²) < 4.78 is 0. The standard InChI is InChI=1S/C12H18N2O2/c1-9(14(2)3)8-13-12(16)10-5-4-6-11(15)7-10/h4-7,9,15H,8H2,1-3H3,(H,13,16). The Balaban J connectivity index is 2.53. The molecule has 0 aromatic heterocycles. The highest BCUT2D eigenvalue weighted by Crippen LogP contribution is 2.10. The summed E-state index contributed by atoms with van der Waals surface area (Å²) in [6, 6.07) is 6.60. The van der Waals surface area contributed by atoms with Gasteiger partial charge in [0.25, 0.3) is 5.91 Å². The number of aromatic hydroxyl groups is 1. The number of amides is 1. The number of hydrogen-bond acceptors (Lipinski definition) is 3. The minimum absolute atomic E-state index is 0.105. The fourth-order valence-corrected chi connectivity index (χ4v) is 1.17. The van der Waals surface area contributed by atoms with Gasteiger partial charge < -0.3 is 15.3 Å². The third kappa shape index (κ3) is 3.55. The Morgan fingerprint density at radius 2 is 2.19 bits per heavy atom. The molecule has 1 amide bonds. The van der Waals surface area contributed by atoms with Crippen LogP contribution in [0.3, 0.4) is 0 Å². The van der Waals surface area contributed by atoms with Crippen LogP contribution in [0.2, 0.25) is 0 Å². The molecule has 4 heteroatoms. The van der Waals surface area contributed by atoms with Gasteiger partial charge in [-0.3, -0.25) is 4.79 Å². The highest BCUT2D eigenvalue weighted by atomic mass is 16.3. The Bertz CT molecular complexity index is 364. The molecule has 0 aliphatic heterocycles. The summed E-state index contributed by atoms with van der Waals surface area (Å²) in [4.78, 5) is 13.7. The van der Waals surface area contributed by atoms with E-state index in [9.17, 15) is 9.90 Å². The summed E-state index contributed by atoms with van der Waals surface area (Å²) in [7, 11) is 3.93. The van der Waals surface area contributed by atoms with Crippen LogP contribution in [0.15, 0.2) is 24.3 Å². The SMILES string of the molecule is CC(CNC(=O)c1cccc(O)c1)N(C)C. The molecule has 0 spiro atoms. The number of carbonyl (C=O) groups is 1. The van der Waals surface area contributed by atoms with Crippen LogP contribution >= 0.6 is 0 Å². The Morgan fingerprint density at radius 3 is 2.75 bits per heavy atom. The first-order chi connectivity index (χ1) is 7.50. The Labute approximate surface area is 95.9 Å². The fourth-order valence-electron chi connectivity index (χ4n) is 1.17. The van der Waals surface area contributed by atoms with Crippen molar-refractivity contribution < 1.29 is 9.90 Å². The van der Waals surface area contributed by atoms with Gasteiger partial charge in [0, 0.05) is 18.2 Å². The quantitative estimate of drug-likeness (QED) is 0.801. The molecule has 1 rings (SSSR count). The number of nitrogens with one attached hydrogen (secondary N) is 1. The first-order valence-corrected chi connectivity index (χ1v) is 5.24. The van der Waals surface area contributed by atoms with E-state index in [0.717, 1.165) is 0 Å². The van der Waals surface area contributed by atoms with Crippen molar-refractivity contribution in [3.8, 4) is 5.75 Å². The van der Waals surface area contributed by atoms with Crippen molar-refractivity contribution in [2.45, 2.75) is 13.0 Å². The van der Waals surface area contributed by atoms with Gasteiger partial charge in [-0.2, -0.15) is 0 Å². The largest absolute Gasteiger partial charge is 0.508 e. The van der Waals surface area contributed by atoms with Gasteiger partial charge in [-0.1, -0.05) is 6.07 Å². The van der Waals surface area contributed by atoms with Gasteiger partial charge in [0.15, 0.2) is 0 Å². The van der Waals surface area contributed by atoms with Crippen LogP contribution in [0.5, 0.6) is 5.75 Å². The predicted molar refractivity (Wildman–Crippen MR) is 63.6 cm³/mol. The normalized spacial score (nSPS) is 12.5. The summed E-state index contributed by atoms with van der Waals surface area (Å²) in [5, 5.41) is 12.1. The van der Waals surface area contributed by atoms with Crippen molar-refractivity contribution in [1.82, 2.24) is 10.2 Å². The lowest BCUT2D eigenvalue weighted by Gasteiger charge is -2.19. The molecule has 0 aliphatic rings. The average molecular weight is 222 g/mol. The summed E-state index contributed by atoms with van der Waals surface area (Å²) in [5.74, 6) is -0.0575. The molecule has 0 saturated carbocycles. The molecule has 0 heterocycles. The van der Waals surface area contributed by atoms with Gasteiger partial charge in [-0.25, -0.2) is 0 Å². The second kappa shape index (κ2) is 5.51. The van der Waals surface area contributed by atoms with Gasteiger partial charge in [0.05, 0.1) is 0 Å². The fraction of sp³-hybridized carbons (Fsp3) is 0.417. The van der Waals surface area contributed by atoms with Crippen molar-refractivity contribution in [1.29, 1.82) is 0 Å². The zero-order valence-electron chi connectivity index (χ0n) is 9.90. The molecule has 1 atom stereocenters. The number of benzene rings is 1. The molecule has 1 aromatic rings. The second-order valence-corrected chi connectivity index (χ2v) is 4.07. The number of rotatable bonds is 4. The lowest BCUT2D eigenvalue weighted by atomic mass is 10.2. The van der Waals surface area contributed by atoms with Crippen molar-refractivity contribution in [2.75, 3.05) is 20.6 Å². The number of likely N-dealkylation sites (N-methyl/N-ethyl adjacent to an activating group) is 1. The molecule has 0 aliphatic carbocycles. The van der Waals surface area contributed by atoms with Gasteiger partial charge in [-0.05, 0) is 39.2 Å². The van der Waals surface area contributed by atoms with Crippen LogP contribution < -0.4 is 5.32 Å². The van der Waals surface area contributed by atoms with Gasteiger partial charge >= 0.3 is 0 Å². The molecule has 16 heavy (non-hydrogen) atoms. The van der Waals surface area contributed by atoms with Crippen LogP contribution in [0, 0.1) is 0 Å². The van der Waals surface area contributed by atoms with Gasteiger partial charge in [0.1, 0.15) is 5.75 Å². The minimum Gasteiger partial charge on any atom is -0.508 e. The smallest absolute Gasteiger partial charge is 0.251 e. The van der Waals surface area contributed by atoms with Crippen molar-refractivity contribution in [2.24, 2.45) is 0 Å². The Hall–Kier alpha value is -1.55. The number of carbonyl (C=O) groups excluding carboxylic acids is 1. The molecule has 1 aromatic carbocycles. The number of nitrogens with zero attached hydrogens (tertiary/aromatic N) is 1. The molecule has 88 valence electrons. The van der Waals surface area contributed by atoms with Crippen LogP contribution in [0.4, 0.5) is 0 Å². The first-order valence-electron chi connectivity index (χ1n) is 5.24. The van der Waals surface area contributed by atoms with E-state index in [1.807, 2.05) is 25.9 Å². The Morgan fingerprint density at radius 1 is 1.50 bits per heavy atom. The highest BCUT2D eigenvalue weighted by molar-refractivity contribution is 5.94. The average Bonchev–Trinajstić information content (AvgIpc) is 2.25. The highest BCUT2D eigenvalue weighted by Gasteiger charge is 2.09. The number of hydrogen-bond donors (Lipinski definition) is 2. The number of phenolic OH excluding ortho intramolecular Hbond substituents is 1. The van der Waals surface area contributed by atoms with Crippen molar-refractivity contribution in [3.63, 3.8) is 0 Å². The number of phenols is 1. The molecule has 0 saturated heterocycles. The van der Waals surface area contributed by atoms with Crippen LogP contribution in [-0.2, 0) is 0 Å². The van der Waals surface area contributed by atoms with E-state index in [0.29, 0.717) is 12.1 Å². The topological polar surface area (TPSA) is 52.6 Å². The molecule has 1 unspecified atom stereocenters. The monoisotopic (exact) mass is 222 g/mol. The Kier molecular flexibility index (Phi) is 4.31. The maximum Gasteiger partial charge on any atom is 0.251 e. The van der Waals surface area contributed by atoms with Gasteiger partial charge in [0.2, 0.25) is 0 Å². The van der Waals surface area contributed by atoms with E-state index in [-0.39, 0.29) is 17.7 Å². The van der Waals surface area contributed by atoms with Crippen LogP contribution in [-0.4, -0.2) is 42.6 Å². The lowest BCUT2D eigenvalue weighted by Crippen LogP contribution is -2.38. The maximum absolute atomic E-state index is 11.7. The third-order valence-electron chi connectivity index (χ3n) is 2.55. The molecular formula is C12H18N2O2. The molecule has 0 fully saturated rings. The molecule has 0 bridgehead atoms. The summed E-state index contributed by atoms with van der Waals surface area (Å²) in [6.07, 6.45) is 0. The van der Waals surface area contributed by atoms with E-state index in [1.165, 1.54) is 6.07 Å². The minimum atomic E-state index is -0.162. The molecule has 2 N–H and O–H groups in total. The van der Waals surface area contributed by atoms with E-state index in [2.05, 4.69) is 5.32 Å². The molecular weight excluding hydrogens is 204 g/mol. The van der Waals surface area contributed by atoms with Crippen molar-refractivity contribution >= 4 is 5.91 Å². The molecule has 4 nitrogen and oxygen atoms in total. The lowest BCUT2D eigenvalue weighted by molar-refractivity contribution is 0.0943.